The van der Waals surface area contributed by atoms with Gasteiger partial charge in [-0.05, 0) is 56.8 Å². The highest BCUT2D eigenvalue weighted by molar-refractivity contribution is 5.98. The van der Waals surface area contributed by atoms with Crippen molar-refractivity contribution in [2.75, 3.05) is 40.3 Å². The Balaban J connectivity index is 1.91. The third-order valence-electron chi connectivity index (χ3n) is 6.27. The lowest BCUT2D eigenvalue weighted by Gasteiger charge is -2.35. The van der Waals surface area contributed by atoms with Gasteiger partial charge >= 0.3 is 0 Å². The van der Waals surface area contributed by atoms with Gasteiger partial charge in [0.05, 0.1) is 0 Å². The van der Waals surface area contributed by atoms with Gasteiger partial charge in [0.25, 0.3) is 5.91 Å². The summed E-state index contributed by atoms with van der Waals surface area (Å²) >= 11 is 0. The van der Waals surface area contributed by atoms with E-state index in [1.807, 2.05) is 53.1 Å². The first kappa shape index (κ1) is 26.8. The molecule has 0 aliphatic carbocycles. The predicted molar refractivity (Wildman–Crippen MR) is 132 cm³/mol. The van der Waals surface area contributed by atoms with Gasteiger partial charge < -0.3 is 20.4 Å². The van der Waals surface area contributed by atoms with Gasteiger partial charge in [-0.15, -0.1) is 0 Å². The lowest BCUT2D eigenvalue weighted by Crippen LogP contribution is -2.54. The first-order valence-corrected chi connectivity index (χ1v) is 12.0. The molecule has 184 valence electrons. The summed E-state index contributed by atoms with van der Waals surface area (Å²) in [6, 6.07) is 6.79. The third kappa shape index (κ3) is 7.84. The van der Waals surface area contributed by atoms with Crippen LogP contribution in [-0.4, -0.2) is 73.8 Å². The molecule has 0 radical (unpaired) electrons. The van der Waals surface area contributed by atoms with Crippen molar-refractivity contribution in [1.29, 1.82) is 0 Å². The molecule has 1 aliphatic heterocycles. The number of nitrogens with zero attached hydrogens (tertiary/aromatic N) is 2. The molecule has 1 aromatic carbocycles. The Morgan fingerprint density at radius 3 is 2.27 bits per heavy atom. The maximum Gasteiger partial charge on any atom is 0.252 e. The van der Waals surface area contributed by atoms with Crippen LogP contribution in [0.3, 0.4) is 0 Å². The molecule has 1 unspecified atom stereocenters. The van der Waals surface area contributed by atoms with Crippen molar-refractivity contribution in [3.8, 4) is 0 Å². The number of hydrogen-bond donors (Lipinski definition) is 2. The van der Waals surface area contributed by atoms with Crippen molar-refractivity contribution in [3.63, 3.8) is 0 Å². The molecule has 3 amide bonds. The van der Waals surface area contributed by atoms with E-state index in [0.29, 0.717) is 38.0 Å². The van der Waals surface area contributed by atoms with Crippen molar-refractivity contribution in [1.82, 2.24) is 20.4 Å². The molecule has 1 aliphatic rings. The quantitative estimate of drug-likeness (QED) is 0.596. The fourth-order valence-electron chi connectivity index (χ4n) is 4.50. The van der Waals surface area contributed by atoms with E-state index in [2.05, 4.69) is 29.4 Å². The summed E-state index contributed by atoms with van der Waals surface area (Å²) in [6.45, 7) is 12.6. The van der Waals surface area contributed by atoms with E-state index in [9.17, 15) is 14.4 Å². The molecule has 1 aromatic rings. The molecule has 1 heterocycles. The van der Waals surface area contributed by atoms with Gasteiger partial charge in [0.1, 0.15) is 6.04 Å². The molecule has 7 heteroatoms. The lowest BCUT2D eigenvalue weighted by atomic mass is 9.91. The zero-order valence-corrected chi connectivity index (χ0v) is 21.4. The molecular weight excluding hydrogens is 416 g/mol. The second kappa shape index (κ2) is 11.6. The Hall–Kier alpha value is -2.41. The average Bonchev–Trinajstić information content (AvgIpc) is 2.74. The zero-order valence-electron chi connectivity index (χ0n) is 21.4. The molecule has 1 saturated heterocycles. The van der Waals surface area contributed by atoms with E-state index < -0.39 is 6.04 Å². The summed E-state index contributed by atoms with van der Waals surface area (Å²) in [4.78, 5) is 42.6. The molecule has 1 fully saturated rings. The van der Waals surface area contributed by atoms with E-state index in [1.54, 1.807) is 11.0 Å². The number of rotatable bonds is 9. The van der Waals surface area contributed by atoms with Gasteiger partial charge in [-0.1, -0.05) is 45.9 Å². The van der Waals surface area contributed by atoms with Crippen LogP contribution in [-0.2, 0) is 9.59 Å². The van der Waals surface area contributed by atoms with Crippen LogP contribution < -0.4 is 10.6 Å². The minimum atomic E-state index is -0.589. The summed E-state index contributed by atoms with van der Waals surface area (Å²) in [6.07, 6.45) is 1.28. The predicted octanol–water partition coefficient (Wildman–Crippen LogP) is 2.69. The monoisotopic (exact) mass is 458 g/mol. The summed E-state index contributed by atoms with van der Waals surface area (Å²) in [5.74, 6) is -0.344. The highest BCUT2D eigenvalue weighted by Crippen LogP contribution is 2.21. The summed E-state index contributed by atoms with van der Waals surface area (Å²) < 4.78 is 0. The van der Waals surface area contributed by atoms with Gasteiger partial charge in [-0.2, -0.15) is 0 Å². The number of aryl methyl sites for hydroxylation is 1. The van der Waals surface area contributed by atoms with Crippen LogP contribution in [0.15, 0.2) is 24.3 Å². The molecule has 0 aromatic heterocycles. The van der Waals surface area contributed by atoms with E-state index >= 15 is 0 Å². The van der Waals surface area contributed by atoms with Crippen LogP contribution in [0.1, 0.15) is 56.5 Å². The van der Waals surface area contributed by atoms with Crippen molar-refractivity contribution in [2.24, 2.45) is 17.3 Å². The number of hydrogen-bond acceptors (Lipinski definition) is 4. The first-order chi connectivity index (χ1) is 15.4. The van der Waals surface area contributed by atoms with E-state index in [4.69, 9.17) is 0 Å². The maximum atomic E-state index is 13.2. The van der Waals surface area contributed by atoms with Crippen LogP contribution in [0.2, 0.25) is 0 Å². The maximum absolute atomic E-state index is 13.2. The summed E-state index contributed by atoms with van der Waals surface area (Å²) in [5.41, 5.74) is 1.46. The van der Waals surface area contributed by atoms with Gasteiger partial charge in [0.15, 0.2) is 0 Å². The second-order valence-electron chi connectivity index (χ2n) is 10.7. The van der Waals surface area contributed by atoms with E-state index in [0.717, 1.165) is 12.1 Å². The fourth-order valence-corrected chi connectivity index (χ4v) is 4.50. The van der Waals surface area contributed by atoms with Crippen molar-refractivity contribution >= 4 is 17.7 Å². The number of amides is 3. The standard InChI is InChI=1S/C26H42N4O3/c1-18(2)22(28-24(32)21-11-9-8-10-19(21)3)25(33)30-14-12-20(13-15-30)23(31)27-16-26(4,5)17-29(6)7/h8-11,18,20,22H,12-17H2,1-7H3,(H,27,31)(H,28,32). The van der Waals surface area contributed by atoms with Crippen LogP contribution in [0, 0.1) is 24.2 Å². The van der Waals surface area contributed by atoms with Crippen molar-refractivity contribution in [2.45, 2.75) is 53.5 Å². The molecule has 0 saturated carbocycles. The Morgan fingerprint density at radius 2 is 1.73 bits per heavy atom. The molecule has 0 bridgehead atoms. The SMILES string of the molecule is Cc1ccccc1C(=O)NC(C(=O)N1CCC(C(=O)NCC(C)(C)CN(C)C)CC1)C(C)C. The van der Waals surface area contributed by atoms with Gasteiger partial charge in [-0.3, -0.25) is 14.4 Å². The zero-order chi connectivity index (χ0) is 24.8. The topological polar surface area (TPSA) is 81.8 Å². The normalized spacial score (nSPS) is 16.1. The average molecular weight is 459 g/mol. The first-order valence-electron chi connectivity index (χ1n) is 12.0. The van der Waals surface area contributed by atoms with Gasteiger partial charge in [0, 0.05) is 37.7 Å². The highest BCUT2D eigenvalue weighted by Gasteiger charge is 2.33. The molecule has 33 heavy (non-hydrogen) atoms. The van der Waals surface area contributed by atoms with Crippen molar-refractivity contribution < 1.29 is 14.4 Å². The Kier molecular flexibility index (Phi) is 9.46. The van der Waals surface area contributed by atoms with Crippen LogP contribution >= 0.6 is 0 Å². The van der Waals surface area contributed by atoms with Gasteiger partial charge in [-0.25, -0.2) is 0 Å². The van der Waals surface area contributed by atoms with Crippen LogP contribution in [0.4, 0.5) is 0 Å². The Morgan fingerprint density at radius 1 is 1.12 bits per heavy atom. The third-order valence-corrected chi connectivity index (χ3v) is 6.27. The number of carbonyl (C=O) groups is 3. The number of nitrogens with one attached hydrogen (secondary N) is 2. The number of benzene rings is 1. The minimum absolute atomic E-state index is 0.00434. The lowest BCUT2D eigenvalue weighted by molar-refractivity contribution is -0.138. The number of piperidine rings is 1. The van der Waals surface area contributed by atoms with E-state index in [1.165, 1.54) is 0 Å². The Labute approximate surface area is 199 Å². The minimum Gasteiger partial charge on any atom is -0.355 e. The highest BCUT2D eigenvalue weighted by atomic mass is 16.2. The van der Waals surface area contributed by atoms with Gasteiger partial charge in [0.2, 0.25) is 11.8 Å². The smallest absolute Gasteiger partial charge is 0.252 e. The van der Waals surface area contributed by atoms with Crippen molar-refractivity contribution in [3.05, 3.63) is 35.4 Å². The summed E-state index contributed by atoms with van der Waals surface area (Å²) in [7, 11) is 4.06. The summed E-state index contributed by atoms with van der Waals surface area (Å²) in [5, 5.41) is 6.05. The molecule has 7 nitrogen and oxygen atoms in total. The second-order valence-corrected chi connectivity index (χ2v) is 10.7. The molecule has 2 N–H and O–H groups in total. The molecular formula is C26H42N4O3. The molecule has 2 rings (SSSR count). The number of carbonyl (C=O) groups excluding carboxylic acids is 3. The van der Waals surface area contributed by atoms with Crippen LogP contribution in [0.25, 0.3) is 0 Å². The molecule has 1 atom stereocenters. The van der Waals surface area contributed by atoms with Crippen LogP contribution in [0.5, 0.6) is 0 Å². The molecule has 0 spiro atoms. The largest absolute Gasteiger partial charge is 0.355 e. The van der Waals surface area contributed by atoms with E-state index in [-0.39, 0.29) is 35.0 Å². The Bertz CT molecular complexity index is 827. The number of likely N-dealkylation sites (tertiary alicyclic amines) is 1. The fraction of sp³-hybridized carbons (Fsp3) is 0.654.